The van der Waals surface area contributed by atoms with E-state index in [2.05, 4.69) is 10.3 Å². The highest BCUT2D eigenvalue weighted by Gasteiger charge is 2.12. The first kappa shape index (κ1) is 13.2. The monoisotopic (exact) mass is 278 g/mol. The Kier molecular flexibility index (Phi) is 3.87. The molecule has 2 aromatic rings. The molecular formula is C13H11ClN2O3. The van der Waals surface area contributed by atoms with Crippen molar-refractivity contribution in [1.82, 2.24) is 4.98 Å². The fourth-order valence-corrected chi connectivity index (χ4v) is 1.76. The number of aromatic nitrogens is 1. The molecule has 0 saturated heterocycles. The molecule has 0 aliphatic heterocycles. The molecule has 2 rings (SSSR count). The normalized spacial score (nSPS) is 10.0. The smallest absolute Gasteiger partial charge is 0.339 e. The summed E-state index contributed by atoms with van der Waals surface area (Å²) in [4.78, 5) is 15.1. The molecule has 6 heteroatoms. The number of aromatic carboxylic acids is 1. The van der Waals surface area contributed by atoms with Gasteiger partial charge in [0.15, 0.2) is 0 Å². The van der Waals surface area contributed by atoms with E-state index in [1.165, 1.54) is 19.4 Å². The van der Waals surface area contributed by atoms with Gasteiger partial charge in [-0.2, -0.15) is 0 Å². The van der Waals surface area contributed by atoms with E-state index in [1.54, 1.807) is 24.3 Å². The molecule has 0 aliphatic rings. The SMILES string of the molecule is COc1ccc(Cl)cc1Nc1ncccc1C(=O)O. The summed E-state index contributed by atoms with van der Waals surface area (Å²) < 4.78 is 5.18. The van der Waals surface area contributed by atoms with Gasteiger partial charge in [-0.05, 0) is 30.3 Å². The minimum atomic E-state index is -1.06. The summed E-state index contributed by atoms with van der Waals surface area (Å²) >= 11 is 5.91. The Balaban J connectivity index is 2.41. The Labute approximate surface area is 114 Å². The number of nitrogens with one attached hydrogen (secondary N) is 1. The maximum absolute atomic E-state index is 11.1. The number of ether oxygens (including phenoxy) is 1. The highest BCUT2D eigenvalue weighted by Crippen LogP contribution is 2.30. The molecule has 98 valence electrons. The Morgan fingerprint density at radius 1 is 1.42 bits per heavy atom. The Bertz CT molecular complexity index is 617. The van der Waals surface area contributed by atoms with Crippen molar-refractivity contribution >= 4 is 29.1 Å². The second kappa shape index (κ2) is 5.58. The van der Waals surface area contributed by atoms with Gasteiger partial charge in [0.05, 0.1) is 12.8 Å². The molecule has 0 spiro atoms. The van der Waals surface area contributed by atoms with Crippen molar-refractivity contribution in [3.63, 3.8) is 0 Å². The summed E-state index contributed by atoms with van der Waals surface area (Å²) in [6, 6.07) is 8.04. The van der Waals surface area contributed by atoms with Gasteiger partial charge in [-0.15, -0.1) is 0 Å². The van der Waals surface area contributed by atoms with Crippen LogP contribution in [0.2, 0.25) is 5.02 Å². The van der Waals surface area contributed by atoms with E-state index in [0.717, 1.165) is 0 Å². The summed E-state index contributed by atoms with van der Waals surface area (Å²) in [7, 11) is 1.52. The van der Waals surface area contributed by atoms with E-state index in [9.17, 15) is 4.79 Å². The number of rotatable bonds is 4. The van der Waals surface area contributed by atoms with Crippen LogP contribution in [0, 0.1) is 0 Å². The molecule has 0 bridgehead atoms. The molecule has 0 unspecified atom stereocenters. The number of benzene rings is 1. The van der Waals surface area contributed by atoms with Crippen molar-refractivity contribution in [2.45, 2.75) is 0 Å². The first-order valence-electron chi connectivity index (χ1n) is 5.40. The van der Waals surface area contributed by atoms with Gasteiger partial charge in [0, 0.05) is 11.2 Å². The van der Waals surface area contributed by atoms with Gasteiger partial charge in [-0.1, -0.05) is 11.6 Å². The lowest BCUT2D eigenvalue weighted by molar-refractivity contribution is 0.0697. The zero-order chi connectivity index (χ0) is 13.8. The number of carboxylic acid groups (broad SMARTS) is 1. The van der Waals surface area contributed by atoms with Crippen LogP contribution in [0.15, 0.2) is 36.5 Å². The van der Waals surface area contributed by atoms with Crippen molar-refractivity contribution in [2.24, 2.45) is 0 Å². The molecule has 0 fully saturated rings. The average molecular weight is 279 g/mol. The minimum absolute atomic E-state index is 0.0736. The highest BCUT2D eigenvalue weighted by molar-refractivity contribution is 6.31. The average Bonchev–Trinajstić information content (AvgIpc) is 2.39. The van der Waals surface area contributed by atoms with Gasteiger partial charge < -0.3 is 15.2 Å². The minimum Gasteiger partial charge on any atom is -0.495 e. The van der Waals surface area contributed by atoms with E-state index in [1.807, 2.05) is 0 Å². The third-order valence-electron chi connectivity index (χ3n) is 2.45. The lowest BCUT2D eigenvalue weighted by atomic mass is 10.2. The quantitative estimate of drug-likeness (QED) is 0.899. The molecule has 19 heavy (non-hydrogen) atoms. The van der Waals surface area contributed by atoms with Crippen molar-refractivity contribution in [3.05, 3.63) is 47.1 Å². The molecule has 0 atom stereocenters. The van der Waals surface area contributed by atoms with Crippen molar-refractivity contribution in [2.75, 3.05) is 12.4 Å². The van der Waals surface area contributed by atoms with Gasteiger partial charge in [0.2, 0.25) is 0 Å². The number of hydrogen-bond acceptors (Lipinski definition) is 4. The first-order chi connectivity index (χ1) is 9.11. The van der Waals surface area contributed by atoms with Gasteiger partial charge in [0.1, 0.15) is 17.1 Å². The third kappa shape index (κ3) is 2.95. The van der Waals surface area contributed by atoms with E-state index < -0.39 is 5.97 Å². The van der Waals surface area contributed by atoms with E-state index in [0.29, 0.717) is 16.5 Å². The predicted octanol–water partition coefficient (Wildman–Crippen LogP) is 3.19. The maximum atomic E-state index is 11.1. The lowest BCUT2D eigenvalue weighted by Gasteiger charge is -2.12. The van der Waals surface area contributed by atoms with Crippen LogP contribution < -0.4 is 10.1 Å². The number of pyridine rings is 1. The van der Waals surface area contributed by atoms with Crippen molar-refractivity contribution in [1.29, 1.82) is 0 Å². The Morgan fingerprint density at radius 3 is 2.89 bits per heavy atom. The molecule has 1 aromatic carbocycles. The van der Waals surface area contributed by atoms with Gasteiger partial charge in [0.25, 0.3) is 0 Å². The number of carboxylic acids is 1. The zero-order valence-electron chi connectivity index (χ0n) is 10.1. The van der Waals surface area contributed by atoms with E-state index >= 15 is 0 Å². The summed E-state index contributed by atoms with van der Waals surface area (Å²) in [6.45, 7) is 0. The number of methoxy groups -OCH3 is 1. The number of halogens is 1. The van der Waals surface area contributed by atoms with Crippen molar-refractivity contribution in [3.8, 4) is 5.75 Å². The van der Waals surface area contributed by atoms with Crippen LogP contribution in [-0.2, 0) is 0 Å². The van der Waals surface area contributed by atoms with Crippen LogP contribution in [0.3, 0.4) is 0 Å². The van der Waals surface area contributed by atoms with Gasteiger partial charge in [-0.25, -0.2) is 9.78 Å². The molecule has 2 N–H and O–H groups in total. The van der Waals surface area contributed by atoms with Crippen LogP contribution in [0.25, 0.3) is 0 Å². The van der Waals surface area contributed by atoms with Crippen LogP contribution >= 0.6 is 11.6 Å². The fraction of sp³-hybridized carbons (Fsp3) is 0.0769. The second-order valence-electron chi connectivity index (χ2n) is 3.67. The maximum Gasteiger partial charge on any atom is 0.339 e. The van der Waals surface area contributed by atoms with Gasteiger partial charge >= 0.3 is 5.97 Å². The topological polar surface area (TPSA) is 71.5 Å². The predicted molar refractivity (Wildman–Crippen MR) is 72.5 cm³/mol. The molecule has 5 nitrogen and oxygen atoms in total. The highest BCUT2D eigenvalue weighted by atomic mass is 35.5. The Morgan fingerprint density at radius 2 is 2.21 bits per heavy atom. The third-order valence-corrected chi connectivity index (χ3v) is 2.69. The zero-order valence-corrected chi connectivity index (χ0v) is 10.8. The summed E-state index contributed by atoms with van der Waals surface area (Å²) in [5.74, 6) is -0.279. The lowest BCUT2D eigenvalue weighted by Crippen LogP contribution is -2.05. The summed E-state index contributed by atoms with van der Waals surface area (Å²) in [5.41, 5.74) is 0.626. The van der Waals surface area contributed by atoms with Crippen LogP contribution in [0.5, 0.6) is 5.75 Å². The molecule has 1 heterocycles. The second-order valence-corrected chi connectivity index (χ2v) is 4.11. The molecular weight excluding hydrogens is 268 g/mol. The standard InChI is InChI=1S/C13H11ClN2O3/c1-19-11-5-4-8(14)7-10(11)16-12-9(13(17)18)3-2-6-15-12/h2-7H,1H3,(H,15,16)(H,17,18). The fourth-order valence-electron chi connectivity index (χ4n) is 1.58. The summed E-state index contributed by atoms with van der Waals surface area (Å²) in [6.07, 6.45) is 1.51. The van der Waals surface area contributed by atoms with Gasteiger partial charge in [-0.3, -0.25) is 0 Å². The van der Waals surface area contributed by atoms with E-state index in [4.69, 9.17) is 21.4 Å². The molecule has 1 aromatic heterocycles. The van der Waals surface area contributed by atoms with E-state index in [-0.39, 0.29) is 11.4 Å². The molecule has 0 saturated carbocycles. The first-order valence-corrected chi connectivity index (χ1v) is 5.78. The summed E-state index contributed by atoms with van der Waals surface area (Å²) in [5, 5.41) is 12.5. The molecule has 0 aliphatic carbocycles. The number of hydrogen-bond donors (Lipinski definition) is 2. The number of anilines is 2. The Hall–Kier alpha value is -2.27. The largest absolute Gasteiger partial charge is 0.495 e. The number of nitrogens with zero attached hydrogens (tertiary/aromatic N) is 1. The van der Waals surface area contributed by atoms with Crippen LogP contribution in [0.4, 0.5) is 11.5 Å². The van der Waals surface area contributed by atoms with Crippen LogP contribution in [0.1, 0.15) is 10.4 Å². The molecule has 0 radical (unpaired) electrons. The molecule has 0 amide bonds. The van der Waals surface area contributed by atoms with Crippen molar-refractivity contribution < 1.29 is 14.6 Å². The van der Waals surface area contributed by atoms with Crippen LogP contribution in [-0.4, -0.2) is 23.2 Å². The number of carbonyl (C=O) groups is 1.